The van der Waals surface area contributed by atoms with Gasteiger partial charge in [0.25, 0.3) is 0 Å². The van der Waals surface area contributed by atoms with Gasteiger partial charge in [0.15, 0.2) is 0 Å². The monoisotopic (exact) mass is 368 g/mol. The summed E-state index contributed by atoms with van der Waals surface area (Å²) in [6.45, 7) is 4.87. The van der Waals surface area contributed by atoms with Gasteiger partial charge >= 0.3 is 6.03 Å². The number of urea groups is 1. The van der Waals surface area contributed by atoms with E-state index >= 15 is 0 Å². The summed E-state index contributed by atoms with van der Waals surface area (Å²) in [5, 5.41) is 24.3. The first kappa shape index (κ1) is 18.5. The number of aliphatic hydroxyl groups is 2. The standard InChI is InChI=1S/C18H25ClN2O4/c1-12-3-4-13(11-14(12)19)20-16(23)21-8-5-18(6-9-21)15(22)17(2,24)7-10-25-18/h3-4,11,15,22,24H,5-10H2,1-2H3,(H,20,23)/t15?,17-/m1/s1. The van der Waals surface area contributed by atoms with E-state index in [-0.39, 0.29) is 6.03 Å². The highest BCUT2D eigenvalue weighted by molar-refractivity contribution is 6.31. The Morgan fingerprint density at radius 3 is 2.68 bits per heavy atom. The Bertz CT molecular complexity index is 656. The first-order valence-electron chi connectivity index (χ1n) is 8.60. The molecule has 0 radical (unpaired) electrons. The molecule has 0 bridgehead atoms. The van der Waals surface area contributed by atoms with Gasteiger partial charge in [-0.2, -0.15) is 0 Å². The minimum atomic E-state index is -1.15. The maximum absolute atomic E-state index is 12.5. The molecular weight excluding hydrogens is 344 g/mol. The van der Waals surface area contributed by atoms with Crippen LogP contribution < -0.4 is 5.32 Å². The topological polar surface area (TPSA) is 82.0 Å². The third-order valence-electron chi connectivity index (χ3n) is 5.41. The lowest BCUT2D eigenvalue weighted by molar-refractivity contribution is -0.244. The van der Waals surface area contributed by atoms with Crippen LogP contribution in [0, 0.1) is 6.92 Å². The molecule has 1 aromatic carbocycles. The van der Waals surface area contributed by atoms with E-state index in [1.807, 2.05) is 19.1 Å². The molecule has 6 nitrogen and oxygen atoms in total. The van der Waals surface area contributed by atoms with Crippen molar-refractivity contribution >= 4 is 23.3 Å². The minimum absolute atomic E-state index is 0.202. The van der Waals surface area contributed by atoms with Gasteiger partial charge in [0, 0.05) is 30.2 Å². The number of nitrogens with zero attached hydrogens (tertiary/aromatic N) is 1. The second kappa shape index (κ2) is 6.76. The molecule has 1 unspecified atom stereocenters. The van der Waals surface area contributed by atoms with Crippen LogP contribution in [-0.2, 0) is 4.74 Å². The zero-order valence-electron chi connectivity index (χ0n) is 14.6. The van der Waals surface area contributed by atoms with E-state index in [4.69, 9.17) is 16.3 Å². The van der Waals surface area contributed by atoms with Crippen LogP contribution in [0.4, 0.5) is 10.5 Å². The van der Waals surface area contributed by atoms with Crippen LogP contribution in [0.5, 0.6) is 0 Å². The summed E-state index contributed by atoms with van der Waals surface area (Å²) in [7, 11) is 0. The second-order valence-corrected chi connectivity index (χ2v) is 7.71. The van der Waals surface area contributed by atoms with E-state index in [0.29, 0.717) is 49.7 Å². The zero-order chi connectivity index (χ0) is 18.2. The van der Waals surface area contributed by atoms with E-state index in [0.717, 1.165) is 5.56 Å². The number of anilines is 1. The van der Waals surface area contributed by atoms with E-state index in [1.54, 1.807) is 17.9 Å². The van der Waals surface area contributed by atoms with Crippen molar-refractivity contribution in [3.8, 4) is 0 Å². The SMILES string of the molecule is Cc1ccc(NC(=O)N2CCC3(CC2)OCC[C@@](C)(O)C3O)cc1Cl. The Morgan fingerprint density at radius 2 is 2.04 bits per heavy atom. The second-order valence-electron chi connectivity index (χ2n) is 7.30. The number of aliphatic hydroxyl groups excluding tert-OH is 1. The van der Waals surface area contributed by atoms with Crippen LogP contribution in [0.25, 0.3) is 0 Å². The van der Waals surface area contributed by atoms with Gasteiger partial charge < -0.3 is 25.2 Å². The van der Waals surface area contributed by atoms with Crippen molar-refractivity contribution in [2.45, 2.75) is 50.4 Å². The Balaban J connectivity index is 1.62. The molecular formula is C18H25ClN2O4. The van der Waals surface area contributed by atoms with Crippen LogP contribution in [-0.4, -0.2) is 58.1 Å². The summed E-state index contributed by atoms with van der Waals surface area (Å²) in [6.07, 6.45) is 0.447. The van der Waals surface area contributed by atoms with Gasteiger partial charge in [0.2, 0.25) is 0 Å². The number of aryl methyl sites for hydroxylation is 1. The molecule has 7 heteroatoms. The summed E-state index contributed by atoms with van der Waals surface area (Å²) < 4.78 is 5.84. The normalized spacial score (nSPS) is 28.8. The molecule has 3 N–H and O–H groups in total. The molecule has 0 aliphatic carbocycles. The van der Waals surface area contributed by atoms with Crippen LogP contribution >= 0.6 is 11.6 Å². The molecule has 3 rings (SSSR count). The van der Waals surface area contributed by atoms with Gasteiger partial charge in [-0.15, -0.1) is 0 Å². The number of amides is 2. The predicted molar refractivity (Wildman–Crippen MR) is 95.9 cm³/mol. The van der Waals surface area contributed by atoms with Crippen molar-refractivity contribution in [2.24, 2.45) is 0 Å². The van der Waals surface area contributed by atoms with E-state index < -0.39 is 17.3 Å². The Hall–Kier alpha value is -1.34. The average Bonchev–Trinajstić information content (AvgIpc) is 2.57. The first-order chi connectivity index (χ1) is 11.7. The average molecular weight is 369 g/mol. The highest BCUT2D eigenvalue weighted by Crippen LogP contribution is 2.39. The lowest BCUT2D eigenvalue weighted by Gasteiger charge is -2.51. The van der Waals surface area contributed by atoms with Crippen molar-refractivity contribution in [3.05, 3.63) is 28.8 Å². The summed E-state index contributed by atoms with van der Waals surface area (Å²) in [5.74, 6) is 0. The maximum Gasteiger partial charge on any atom is 0.321 e. The molecule has 2 amide bonds. The quantitative estimate of drug-likeness (QED) is 0.711. The molecule has 138 valence electrons. The van der Waals surface area contributed by atoms with E-state index in [2.05, 4.69) is 5.32 Å². The predicted octanol–water partition coefficient (Wildman–Crippen LogP) is 2.55. The summed E-state index contributed by atoms with van der Waals surface area (Å²) in [4.78, 5) is 14.2. The molecule has 2 atom stereocenters. The molecule has 25 heavy (non-hydrogen) atoms. The third-order valence-corrected chi connectivity index (χ3v) is 5.81. The summed E-state index contributed by atoms with van der Waals surface area (Å²) in [5.41, 5.74) is -0.319. The van der Waals surface area contributed by atoms with Crippen molar-refractivity contribution in [3.63, 3.8) is 0 Å². The number of likely N-dealkylation sites (tertiary alicyclic amines) is 1. The summed E-state index contributed by atoms with van der Waals surface area (Å²) >= 11 is 6.09. The fraction of sp³-hybridized carbons (Fsp3) is 0.611. The molecule has 0 aromatic heterocycles. The molecule has 2 fully saturated rings. The van der Waals surface area contributed by atoms with Gasteiger partial charge in [-0.3, -0.25) is 0 Å². The van der Waals surface area contributed by atoms with Gasteiger partial charge in [0.1, 0.15) is 11.7 Å². The molecule has 2 aliphatic rings. The van der Waals surface area contributed by atoms with Crippen LogP contribution in [0.2, 0.25) is 5.02 Å². The molecule has 1 aromatic rings. The number of hydrogen-bond acceptors (Lipinski definition) is 4. The Labute approximate surface area is 152 Å². The van der Waals surface area contributed by atoms with Crippen molar-refractivity contribution in [1.29, 1.82) is 0 Å². The largest absolute Gasteiger partial charge is 0.387 e. The van der Waals surface area contributed by atoms with Crippen LogP contribution in [0.1, 0.15) is 31.7 Å². The molecule has 2 heterocycles. The van der Waals surface area contributed by atoms with Gasteiger partial charge in [0.05, 0.1) is 12.2 Å². The first-order valence-corrected chi connectivity index (χ1v) is 8.98. The van der Waals surface area contributed by atoms with Gasteiger partial charge in [-0.05, 0) is 44.4 Å². The van der Waals surface area contributed by atoms with Crippen molar-refractivity contribution in [2.75, 3.05) is 25.0 Å². The smallest absolute Gasteiger partial charge is 0.321 e. The van der Waals surface area contributed by atoms with E-state index in [1.165, 1.54) is 0 Å². The molecule has 2 saturated heterocycles. The van der Waals surface area contributed by atoms with Crippen molar-refractivity contribution < 1.29 is 19.7 Å². The van der Waals surface area contributed by atoms with Crippen molar-refractivity contribution in [1.82, 2.24) is 4.90 Å². The number of benzene rings is 1. The maximum atomic E-state index is 12.5. The third kappa shape index (κ3) is 3.62. The lowest BCUT2D eigenvalue weighted by Crippen LogP contribution is -2.64. The number of rotatable bonds is 1. The van der Waals surface area contributed by atoms with Crippen LogP contribution in [0.3, 0.4) is 0 Å². The fourth-order valence-corrected chi connectivity index (χ4v) is 3.80. The number of nitrogens with one attached hydrogen (secondary N) is 1. The number of ether oxygens (including phenoxy) is 1. The molecule has 2 aliphatic heterocycles. The fourth-order valence-electron chi connectivity index (χ4n) is 3.62. The molecule has 0 saturated carbocycles. The van der Waals surface area contributed by atoms with Crippen LogP contribution in [0.15, 0.2) is 18.2 Å². The zero-order valence-corrected chi connectivity index (χ0v) is 15.3. The highest BCUT2D eigenvalue weighted by Gasteiger charge is 2.52. The van der Waals surface area contributed by atoms with E-state index in [9.17, 15) is 15.0 Å². The number of hydrogen-bond donors (Lipinski definition) is 3. The van der Waals surface area contributed by atoms with Gasteiger partial charge in [-0.1, -0.05) is 17.7 Å². The Kier molecular flexibility index (Phi) is 4.99. The number of carbonyl (C=O) groups is 1. The highest BCUT2D eigenvalue weighted by atomic mass is 35.5. The lowest BCUT2D eigenvalue weighted by atomic mass is 9.75. The Morgan fingerprint density at radius 1 is 1.36 bits per heavy atom. The van der Waals surface area contributed by atoms with Gasteiger partial charge in [-0.25, -0.2) is 4.79 Å². The number of carbonyl (C=O) groups excluding carboxylic acids is 1. The summed E-state index contributed by atoms with van der Waals surface area (Å²) in [6, 6.07) is 5.20. The minimum Gasteiger partial charge on any atom is -0.387 e. The number of piperidine rings is 1. The molecule has 1 spiro atoms. The number of halogens is 1.